The molecule has 0 spiro atoms. The van der Waals surface area contributed by atoms with Gasteiger partial charge in [0.05, 0.1) is 6.61 Å². The smallest absolute Gasteiger partial charge is 0.328 e. The maximum Gasteiger partial charge on any atom is 0.328 e. The predicted octanol–water partition coefficient (Wildman–Crippen LogP) is -2.13. The van der Waals surface area contributed by atoms with Crippen LogP contribution in [0.1, 0.15) is 17.7 Å². The lowest BCUT2D eigenvalue weighted by Gasteiger charge is -2.11. The van der Waals surface area contributed by atoms with Crippen LogP contribution in [0.15, 0.2) is 9.59 Å². The van der Waals surface area contributed by atoms with Crippen molar-refractivity contribution in [3.05, 3.63) is 32.1 Å². The number of aliphatic carboxylic acids is 1. The number of carboxylic acid groups (broad SMARTS) is 1. The molecule has 0 aliphatic carbocycles. The molecular formula is C11H15N3O6. The minimum Gasteiger partial charge on any atom is -0.480 e. The van der Waals surface area contributed by atoms with Gasteiger partial charge in [-0.3, -0.25) is 14.6 Å². The lowest BCUT2D eigenvalue weighted by Crippen LogP contribution is -2.43. The van der Waals surface area contributed by atoms with Gasteiger partial charge in [0, 0.05) is 17.7 Å². The van der Waals surface area contributed by atoms with E-state index >= 15 is 0 Å². The number of carbonyl (C=O) groups excluding carboxylic acids is 1. The zero-order chi connectivity index (χ0) is 15.3. The minimum atomic E-state index is -1.38. The molecule has 1 atom stereocenters. The second-order valence-corrected chi connectivity index (χ2v) is 4.15. The van der Waals surface area contributed by atoms with Gasteiger partial charge in [-0.2, -0.15) is 0 Å². The molecule has 0 saturated heterocycles. The first-order chi connectivity index (χ1) is 9.35. The Labute approximate surface area is 112 Å². The number of aromatic nitrogens is 2. The summed E-state index contributed by atoms with van der Waals surface area (Å²) in [5.41, 5.74) is -0.623. The van der Waals surface area contributed by atoms with E-state index in [4.69, 9.17) is 10.2 Å². The van der Waals surface area contributed by atoms with E-state index in [0.717, 1.165) is 0 Å². The molecule has 0 aliphatic heterocycles. The number of aliphatic hydroxyl groups excluding tert-OH is 1. The molecule has 110 valence electrons. The molecule has 0 bridgehead atoms. The lowest BCUT2D eigenvalue weighted by atomic mass is 10.1. The van der Waals surface area contributed by atoms with Crippen molar-refractivity contribution < 1.29 is 19.8 Å². The fraction of sp³-hybridized carbons (Fsp3) is 0.455. The van der Waals surface area contributed by atoms with E-state index in [0.29, 0.717) is 5.69 Å². The molecule has 0 radical (unpaired) electrons. The first-order valence-electron chi connectivity index (χ1n) is 5.80. The second kappa shape index (κ2) is 6.66. The summed E-state index contributed by atoms with van der Waals surface area (Å²) in [5, 5.41) is 19.5. The fourth-order valence-electron chi connectivity index (χ4n) is 1.62. The number of aryl methyl sites for hydroxylation is 1. The molecule has 1 rings (SSSR count). The van der Waals surface area contributed by atoms with Crippen LogP contribution >= 0.6 is 0 Å². The second-order valence-electron chi connectivity index (χ2n) is 4.15. The molecule has 20 heavy (non-hydrogen) atoms. The third-order valence-corrected chi connectivity index (χ3v) is 2.67. The van der Waals surface area contributed by atoms with Crippen molar-refractivity contribution in [2.24, 2.45) is 0 Å². The van der Waals surface area contributed by atoms with Crippen LogP contribution in [0.4, 0.5) is 0 Å². The molecule has 0 aliphatic rings. The number of hydrogen-bond donors (Lipinski definition) is 5. The Hall–Kier alpha value is -2.42. The summed E-state index contributed by atoms with van der Waals surface area (Å²) < 4.78 is 0. The van der Waals surface area contributed by atoms with E-state index in [2.05, 4.69) is 10.3 Å². The van der Waals surface area contributed by atoms with Gasteiger partial charge in [0.1, 0.15) is 6.04 Å². The van der Waals surface area contributed by atoms with E-state index in [-0.39, 0.29) is 18.4 Å². The molecule has 0 unspecified atom stereocenters. The van der Waals surface area contributed by atoms with E-state index in [1.807, 2.05) is 4.98 Å². The zero-order valence-electron chi connectivity index (χ0n) is 10.7. The number of hydrogen-bond acceptors (Lipinski definition) is 5. The van der Waals surface area contributed by atoms with Crippen molar-refractivity contribution in [3.8, 4) is 0 Å². The normalized spacial score (nSPS) is 11.9. The summed E-state index contributed by atoms with van der Waals surface area (Å²) in [6.45, 7) is 0.803. The molecule has 1 heterocycles. The Balaban J connectivity index is 2.69. The summed E-state index contributed by atoms with van der Waals surface area (Å²) in [5.74, 6) is -1.96. The quantitative estimate of drug-likeness (QED) is 0.402. The fourth-order valence-corrected chi connectivity index (χ4v) is 1.62. The predicted molar refractivity (Wildman–Crippen MR) is 67.4 cm³/mol. The van der Waals surface area contributed by atoms with Crippen LogP contribution in [0.25, 0.3) is 0 Å². The number of carbonyl (C=O) groups is 2. The summed E-state index contributed by atoms with van der Waals surface area (Å²) in [4.78, 5) is 49.1. The standard InChI is InChI=1S/C11H15N3O6/c1-5-6(9(17)14-11(20)12-5)2-3-8(16)13-7(4-15)10(18)19/h7,15H,2-4H2,1H3,(H,13,16)(H,18,19)(H2,12,14,17,20)/t7-/m0/s1. The highest BCUT2D eigenvalue weighted by Crippen LogP contribution is 2.00. The summed E-state index contributed by atoms with van der Waals surface area (Å²) in [6.07, 6.45) is -0.0959. The van der Waals surface area contributed by atoms with Crippen LogP contribution in [0.5, 0.6) is 0 Å². The molecule has 0 aromatic carbocycles. The van der Waals surface area contributed by atoms with Gasteiger partial charge in [0.2, 0.25) is 5.91 Å². The highest BCUT2D eigenvalue weighted by atomic mass is 16.4. The first kappa shape index (κ1) is 15.6. The Morgan fingerprint density at radius 2 is 1.95 bits per heavy atom. The van der Waals surface area contributed by atoms with Gasteiger partial charge in [-0.05, 0) is 13.3 Å². The van der Waals surface area contributed by atoms with Crippen LogP contribution < -0.4 is 16.6 Å². The number of aliphatic hydroxyl groups is 1. The summed E-state index contributed by atoms with van der Waals surface area (Å²) >= 11 is 0. The zero-order valence-corrected chi connectivity index (χ0v) is 10.7. The van der Waals surface area contributed by atoms with Gasteiger partial charge in [0.25, 0.3) is 5.56 Å². The number of aromatic amines is 2. The number of amides is 1. The molecule has 9 heteroatoms. The molecule has 1 amide bonds. The largest absolute Gasteiger partial charge is 0.480 e. The van der Waals surface area contributed by atoms with Crippen molar-refractivity contribution in [2.45, 2.75) is 25.8 Å². The van der Waals surface area contributed by atoms with Crippen LogP contribution in [0, 0.1) is 6.92 Å². The Kier molecular flexibility index (Phi) is 5.21. The average molecular weight is 285 g/mol. The number of carboxylic acids is 1. The van der Waals surface area contributed by atoms with Gasteiger partial charge >= 0.3 is 11.7 Å². The van der Waals surface area contributed by atoms with Crippen LogP contribution in [0.3, 0.4) is 0 Å². The van der Waals surface area contributed by atoms with Crippen molar-refractivity contribution >= 4 is 11.9 Å². The Morgan fingerprint density at radius 1 is 1.30 bits per heavy atom. The monoisotopic (exact) mass is 285 g/mol. The molecule has 5 N–H and O–H groups in total. The topological polar surface area (TPSA) is 152 Å². The van der Waals surface area contributed by atoms with Gasteiger partial charge in [-0.25, -0.2) is 9.59 Å². The van der Waals surface area contributed by atoms with E-state index in [1.54, 1.807) is 0 Å². The highest BCUT2D eigenvalue weighted by Gasteiger charge is 2.18. The van der Waals surface area contributed by atoms with E-state index in [1.165, 1.54) is 6.92 Å². The number of nitrogens with one attached hydrogen (secondary N) is 3. The SMILES string of the molecule is Cc1[nH]c(=O)[nH]c(=O)c1CCC(=O)N[C@@H](CO)C(=O)O. The lowest BCUT2D eigenvalue weighted by molar-refractivity contribution is -0.142. The molecular weight excluding hydrogens is 270 g/mol. The van der Waals surface area contributed by atoms with Gasteiger partial charge < -0.3 is 20.5 Å². The van der Waals surface area contributed by atoms with Crippen LogP contribution in [-0.2, 0) is 16.0 Å². The molecule has 1 aromatic heterocycles. The van der Waals surface area contributed by atoms with Gasteiger partial charge in [-0.1, -0.05) is 0 Å². The first-order valence-corrected chi connectivity index (χ1v) is 5.80. The van der Waals surface area contributed by atoms with E-state index in [9.17, 15) is 19.2 Å². The maximum atomic E-state index is 11.5. The summed E-state index contributed by atoms with van der Waals surface area (Å²) in [6, 6.07) is -1.38. The van der Waals surface area contributed by atoms with Crippen molar-refractivity contribution in [3.63, 3.8) is 0 Å². The van der Waals surface area contributed by atoms with Crippen LogP contribution in [-0.4, -0.2) is 44.7 Å². The summed E-state index contributed by atoms with van der Waals surface area (Å²) in [7, 11) is 0. The van der Waals surface area contributed by atoms with E-state index < -0.39 is 35.8 Å². The Morgan fingerprint density at radius 3 is 2.45 bits per heavy atom. The highest BCUT2D eigenvalue weighted by molar-refractivity contribution is 5.83. The number of rotatable bonds is 6. The maximum absolute atomic E-state index is 11.5. The van der Waals surface area contributed by atoms with Gasteiger partial charge in [0.15, 0.2) is 0 Å². The molecule has 0 saturated carbocycles. The minimum absolute atomic E-state index is 0.0432. The molecule has 9 nitrogen and oxygen atoms in total. The number of H-pyrrole nitrogens is 2. The third kappa shape index (κ3) is 4.05. The van der Waals surface area contributed by atoms with Crippen molar-refractivity contribution in [1.82, 2.24) is 15.3 Å². The van der Waals surface area contributed by atoms with Crippen LogP contribution in [0.2, 0.25) is 0 Å². The Bertz CT molecular complexity index is 617. The third-order valence-electron chi connectivity index (χ3n) is 2.67. The molecule has 1 aromatic rings. The van der Waals surface area contributed by atoms with Crippen molar-refractivity contribution in [1.29, 1.82) is 0 Å². The molecule has 0 fully saturated rings. The van der Waals surface area contributed by atoms with Crippen molar-refractivity contribution in [2.75, 3.05) is 6.61 Å². The van der Waals surface area contributed by atoms with Gasteiger partial charge in [-0.15, -0.1) is 0 Å². The average Bonchev–Trinajstić information content (AvgIpc) is 2.34.